The minimum absolute atomic E-state index is 0.0640. The van der Waals surface area contributed by atoms with Crippen molar-refractivity contribution in [1.82, 2.24) is 5.32 Å². The molecule has 1 aliphatic heterocycles. The van der Waals surface area contributed by atoms with E-state index in [0.29, 0.717) is 5.71 Å². The van der Waals surface area contributed by atoms with Crippen molar-refractivity contribution in [2.75, 3.05) is 12.0 Å². The zero-order valence-electron chi connectivity index (χ0n) is 9.29. The molecule has 1 saturated heterocycles. The van der Waals surface area contributed by atoms with Crippen LogP contribution in [0.25, 0.3) is 0 Å². The van der Waals surface area contributed by atoms with Gasteiger partial charge in [-0.2, -0.15) is 5.10 Å². The Balaban J connectivity index is 2.02. The second-order valence-electron chi connectivity index (χ2n) is 3.90. The molecule has 1 fully saturated rings. The van der Waals surface area contributed by atoms with Crippen molar-refractivity contribution >= 4 is 17.3 Å². The van der Waals surface area contributed by atoms with E-state index in [9.17, 15) is 4.79 Å². The molecule has 1 heterocycles. The normalized spacial score (nSPS) is 18.3. The van der Waals surface area contributed by atoms with Crippen LogP contribution in [-0.2, 0) is 4.79 Å². The molecule has 0 spiro atoms. The summed E-state index contributed by atoms with van der Waals surface area (Å²) in [5.41, 5.74) is 5.58. The highest BCUT2D eigenvalue weighted by molar-refractivity contribution is 6.39. The van der Waals surface area contributed by atoms with Gasteiger partial charge in [0.2, 0.25) is 0 Å². The molecule has 0 radical (unpaired) electrons. The Hall–Kier alpha value is -1.84. The molecule has 1 amide bonds. The van der Waals surface area contributed by atoms with Crippen molar-refractivity contribution in [2.45, 2.75) is 19.8 Å². The molecule has 84 valence electrons. The number of rotatable bonds is 2. The number of amides is 1. The van der Waals surface area contributed by atoms with Gasteiger partial charge in [0.25, 0.3) is 5.91 Å². The number of anilines is 1. The van der Waals surface area contributed by atoms with Gasteiger partial charge in [0.1, 0.15) is 5.71 Å². The Morgan fingerprint density at radius 2 is 2.06 bits per heavy atom. The van der Waals surface area contributed by atoms with Gasteiger partial charge in [-0.1, -0.05) is 17.7 Å². The SMILES string of the molecule is Cc1ccc(N/N=C2\CCCNC2=O)cc1. The standard InChI is InChI=1S/C12H15N3O/c1-9-4-6-10(7-5-9)14-15-11-3-2-8-13-12(11)16/h4-7,14H,2-3,8H2,1H3,(H,13,16)/b15-11+. The quantitative estimate of drug-likeness (QED) is 0.740. The third kappa shape index (κ3) is 2.59. The van der Waals surface area contributed by atoms with Crippen LogP contribution in [0.5, 0.6) is 0 Å². The lowest BCUT2D eigenvalue weighted by Gasteiger charge is -2.13. The van der Waals surface area contributed by atoms with Gasteiger partial charge in [0.05, 0.1) is 5.69 Å². The maximum absolute atomic E-state index is 11.4. The second-order valence-corrected chi connectivity index (χ2v) is 3.90. The molecule has 0 aliphatic carbocycles. The summed E-state index contributed by atoms with van der Waals surface area (Å²) in [6, 6.07) is 7.90. The van der Waals surface area contributed by atoms with E-state index in [4.69, 9.17) is 0 Å². The van der Waals surface area contributed by atoms with Gasteiger partial charge in [0, 0.05) is 6.54 Å². The molecule has 1 aliphatic rings. The van der Waals surface area contributed by atoms with Gasteiger partial charge in [-0.15, -0.1) is 0 Å². The van der Waals surface area contributed by atoms with E-state index in [0.717, 1.165) is 25.1 Å². The second kappa shape index (κ2) is 4.79. The van der Waals surface area contributed by atoms with Crippen LogP contribution in [0.1, 0.15) is 18.4 Å². The fourth-order valence-electron chi connectivity index (χ4n) is 1.54. The minimum Gasteiger partial charge on any atom is -0.351 e. The third-order valence-corrected chi connectivity index (χ3v) is 2.51. The van der Waals surface area contributed by atoms with Gasteiger partial charge in [0.15, 0.2) is 0 Å². The van der Waals surface area contributed by atoms with Crippen LogP contribution in [0.3, 0.4) is 0 Å². The molecule has 4 heteroatoms. The molecule has 0 atom stereocenters. The van der Waals surface area contributed by atoms with E-state index < -0.39 is 0 Å². The molecule has 2 N–H and O–H groups in total. The van der Waals surface area contributed by atoms with E-state index in [1.54, 1.807) is 0 Å². The summed E-state index contributed by atoms with van der Waals surface area (Å²) in [7, 11) is 0. The predicted molar refractivity (Wildman–Crippen MR) is 64.5 cm³/mol. The van der Waals surface area contributed by atoms with Crippen LogP contribution in [0.4, 0.5) is 5.69 Å². The number of nitrogens with one attached hydrogen (secondary N) is 2. The highest BCUT2D eigenvalue weighted by Crippen LogP contribution is 2.09. The average Bonchev–Trinajstić information content (AvgIpc) is 2.30. The number of nitrogens with zero attached hydrogens (tertiary/aromatic N) is 1. The largest absolute Gasteiger partial charge is 0.351 e. The average molecular weight is 217 g/mol. The number of aryl methyl sites for hydroxylation is 1. The predicted octanol–water partition coefficient (Wildman–Crippen LogP) is 1.67. The molecule has 1 aromatic rings. The van der Waals surface area contributed by atoms with E-state index in [1.807, 2.05) is 31.2 Å². The lowest BCUT2D eigenvalue weighted by atomic mass is 10.1. The Bertz CT molecular complexity index is 409. The third-order valence-electron chi connectivity index (χ3n) is 2.51. The molecule has 0 bridgehead atoms. The summed E-state index contributed by atoms with van der Waals surface area (Å²) in [5.74, 6) is -0.0640. The van der Waals surface area contributed by atoms with Gasteiger partial charge in [-0.3, -0.25) is 10.2 Å². The van der Waals surface area contributed by atoms with Crippen molar-refractivity contribution in [3.05, 3.63) is 29.8 Å². The Morgan fingerprint density at radius 3 is 2.75 bits per heavy atom. The zero-order chi connectivity index (χ0) is 11.4. The summed E-state index contributed by atoms with van der Waals surface area (Å²) in [4.78, 5) is 11.4. The van der Waals surface area contributed by atoms with Gasteiger partial charge in [-0.05, 0) is 31.9 Å². The molecule has 0 saturated carbocycles. The maximum atomic E-state index is 11.4. The van der Waals surface area contributed by atoms with E-state index in [-0.39, 0.29) is 5.91 Å². The number of hydrogen-bond acceptors (Lipinski definition) is 3. The number of piperidine rings is 1. The van der Waals surface area contributed by atoms with Crippen molar-refractivity contribution in [2.24, 2.45) is 5.10 Å². The van der Waals surface area contributed by atoms with Crippen LogP contribution in [0.2, 0.25) is 0 Å². The lowest BCUT2D eigenvalue weighted by Crippen LogP contribution is -2.37. The van der Waals surface area contributed by atoms with E-state index in [1.165, 1.54) is 5.56 Å². The lowest BCUT2D eigenvalue weighted by molar-refractivity contribution is -0.115. The minimum atomic E-state index is -0.0640. The fraction of sp³-hybridized carbons (Fsp3) is 0.333. The number of hydrogen-bond donors (Lipinski definition) is 2. The monoisotopic (exact) mass is 217 g/mol. The maximum Gasteiger partial charge on any atom is 0.267 e. The molecule has 4 nitrogen and oxygen atoms in total. The van der Waals surface area contributed by atoms with Crippen molar-refractivity contribution in [3.8, 4) is 0 Å². The van der Waals surface area contributed by atoms with Gasteiger partial charge in [-0.25, -0.2) is 0 Å². The Kier molecular flexibility index (Phi) is 3.19. The molecule has 16 heavy (non-hydrogen) atoms. The van der Waals surface area contributed by atoms with Crippen molar-refractivity contribution in [1.29, 1.82) is 0 Å². The summed E-state index contributed by atoms with van der Waals surface area (Å²) >= 11 is 0. The van der Waals surface area contributed by atoms with Crippen LogP contribution in [-0.4, -0.2) is 18.2 Å². The molecule has 2 rings (SSSR count). The Morgan fingerprint density at radius 1 is 1.31 bits per heavy atom. The van der Waals surface area contributed by atoms with Gasteiger partial charge < -0.3 is 5.32 Å². The molecule has 1 aromatic carbocycles. The summed E-state index contributed by atoms with van der Waals surface area (Å²) < 4.78 is 0. The zero-order valence-corrected chi connectivity index (χ0v) is 9.29. The molecular weight excluding hydrogens is 202 g/mol. The van der Waals surface area contributed by atoms with E-state index in [2.05, 4.69) is 15.8 Å². The summed E-state index contributed by atoms with van der Waals surface area (Å²) in [5, 5.41) is 6.89. The first-order valence-corrected chi connectivity index (χ1v) is 5.43. The first-order chi connectivity index (χ1) is 7.75. The topological polar surface area (TPSA) is 53.5 Å². The Labute approximate surface area is 94.7 Å². The summed E-state index contributed by atoms with van der Waals surface area (Å²) in [6.07, 6.45) is 1.70. The smallest absolute Gasteiger partial charge is 0.267 e. The molecular formula is C12H15N3O. The van der Waals surface area contributed by atoms with Crippen LogP contribution in [0, 0.1) is 6.92 Å². The molecule has 0 unspecified atom stereocenters. The number of carbonyl (C=O) groups excluding carboxylic acids is 1. The van der Waals surface area contributed by atoms with Crippen LogP contribution >= 0.6 is 0 Å². The first kappa shape index (κ1) is 10.7. The highest BCUT2D eigenvalue weighted by Gasteiger charge is 2.15. The fourth-order valence-corrected chi connectivity index (χ4v) is 1.54. The number of carbonyl (C=O) groups is 1. The molecule has 0 aromatic heterocycles. The van der Waals surface area contributed by atoms with Crippen molar-refractivity contribution < 1.29 is 4.79 Å². The highest BCUT2D eigenvalue weighted by atomic mass is 16.2. The number of benzene rings is 1. The van der Waals surface area contributed by atoms with Crippen molar-refractivity contribution in [3.63, 3.8) is 0 Å². The number of hydrazone groups is 1. The van der Waals surface area contributed by atoms with Gasteiger partial charge >= 0.3 is 0 Å². The van der Waals surface area contributed by atoms with E-state index >= 15 is 0 Å². The summed E-state index contributed by atoms with van der Waals surface area (Å²) in [6.45, 7) is 2.78. The van der Waals surface area contributed by atoms with Crippen LogP contribution in [0.15, 0.2) is 29.4 Å². The first-order valence-electron chi connectivity index (χ1n) is 5.43. The van der Waals surface area contributed by atoms with Crippen LogP contribution < -0.4 is 10.7 Å².